The summed E-state index contributed by atoms with van der Waals surface area (Å²) in [5.41, 5.74) is 0.862. The fourth-order valence-corrected chi connectivity index (χ4v) is 1.83. The van der Waals surface area contributed by atoms with Gasteiger partial charge in [0.05, 0.1) is 10.7 Å². The molecule has 1 rings (SSSR count). The van der Waals surface area contributed by atoms with Crippen LogP contribution in [0.1, 0.15) is 15.6 Å². The predicted octanol–water partition coefficient (Wildman–Crippen LogP) is 1.43. The summed E-state index contributed by atoms with van der Waals surface area (Å²) < 4.78 is 0. The van der Waals surface area contributed by atoms with Crippen LogP contribution < -0.4 is 0 Å². The average Bonchev–Trinajstić information content (AvgIpc) is 2.43. The minimum Gasteiger partial charge on any atom is -0.309 e. The molecule has 3 nitrogen and oxygen atoms in total. The molecule has 1 aromatic heterocycles. The average molecular weight is 195 g/mol. The molecule has 13 heavy (non-hydrogen) atoms. The Labute approximate surface area is 82.6 Å². The molecule has 0 aromatic carbocycles. The fraction of sp³-hybridized carbons (Fsp3) is 0.556. The summed E-state index contributed by atoms with van der Waals surface area (Å²) in [7, 11) is 4.07. The minimum absolute atomic E-state index is 0.744. The molecule has 70 valence electrons. The summed E-state index contributed by atoms with van der Waals surface area (Å²) in [4.78, 5) is 7.18. The SMILES string of the molecule is Cc1nc(CCN(C)C)sc1C#N. The number of hydrogen-bond acceptors (Lipinski definition) is 4. The molecule has 0 N–H and O–H groups in total. The molecule has 0 radical (unpaired) electrons. The third kappa shape index (κ3) is 2.79. The molecule has 0 amide bonds. The number of nitriles is 1. The van der Waals surface area contributed by atoms with Crippen LogP contribution in [0.2, 0.25) is 0 Å². The first kappa shape index (κ1) is 10.2. The fourth-order valence-electron chi connectivity index (χ4n) is 0.982. The molecule has 0 saturated heterocycles. The third-order valence-corrected chi connectivity index (χ3v) is 2.84. The van der Waals surface area contributed by atoms with Gasteiger partial charge in [-0.25, -0.2) is 4.98 Å². The Morgan fingerprint density at radius 1 is 1.54 bits per heavy atom. The van der Waals surface area contributed by atoms with Gasteiger partial charge in [0.2, 0.25) is 0 Å². The van der Waals surface area contributed by atoms with Crippen molar-refractivity contribution in [1.29, 1.82) is 5.26 Å². The molecule has 1 heterocycles. The molecule has 0 aliphatic rings. The summed E-state index contributed by atoms with van der Waals surface area (Å²) in [5, 5.41) is 9.78. The first-order chi connectivity index (χ1) is 6.13. The van der Waals surface area contributed by atoms with Crippen LogP contribution in [0, 0.1) is 18.3 Å². The van der Waals surface area contributed by atoms with Crippen molar-refractivity contribution >= 4 is 11.3 Å². The first-order valence-electron chi connectivity index (χ1n) is 4.14. The number of aryl methyl sites for hydroxylation is 1. The highest BCUT2D eigenvalue weighted by Gasteiger charge is 2.06. The van der Waals surface area contributed by atoms with Gasteiger partial charge in [-0.15, -0.1) is 11.3 Å². The zero-order valence-electron chi connectivity index (χ0n) is 8.16. The van der Waals surface area contributed by atoms with E-state index in [-0.39, 0.29) is 0 Å². The second-order valence-corrected chi connectivity index (χ2v) is 4.27. The second kappa shape index (κ2) is 4.35. The van der Waals surface area contributed by atoms with Gasteiger partial charge in [0.15, 0.2) is 0 Å². The van der Waals surface area contributed by atoms with Gasteiger partial charge >= 0.3 is 0 Å². The first-order valence-corrected chi connectivity index (χ1v) is 4.96. The van der Waals surface area contributed by atoms with Crippen LogP contribution in [0.15, 0.2) is 0 Å². The van der Waals surface area contributed by atoms with Gasteiger partial charge in [-0.1, -0.05) is 0 Å². The summed E-state index contributed by atoms with van der Waals surface area (Å²) in [5.74, 6) is 0. The smallest absolute Gasteiger partial charge is 0.127 e. The van der Waals surface area contributed by atoms with Crippen molar-refractivity contribution in [2.45, 2.75) is 13.3 Å². The molecule has 0 atom stereocenters. The largest absolute Gasteiger partial charge is 0.309 e. The van der Waals surface area contributed by atoms with Crippen LogP contribution in [0.3, 0.4) is 0 Å². The van der Waals surface area contributed by atoms with E-state index < -0.39 is 0 Å². The lowest BCUT2D eigenvalue weighted by Gasteiger charge is -2.06. The molecule has 0 bridgehead atoms. The van der Waals surface area contributed by atoms with Crippen LogP contribution in [-0.4, -0.2) is 30.5 Å². The Morgan fingerprint density at radius 3 is 2.69 bits per heavy atom. The van der Waals surface area contributed by atoms with Gasteiger partial charge in [0.1, 0.15) is 10.9 Å². The highest BCUT2D eigenvalue weighted by molar-refractivity contribution is 7.12. The van der Waals surface area contributed by atoms with E-state index in [1.807, 2.05) is 21.0 Å². The maximum atomic E-state index is 8.72. The van der Waals surface area contributed by atoms with E-state index in [4.69, 9.17) is 5.26 Å². The third-order valence-electron chi connectivity index (χ3n) is 1.72. The predicted molar refractivity (Wildman–Crippen MR) is 53.8 cm³/mol. The van der Waals surface area contributed by atoms with Gasteiger partial charge in [0, 0.05) is 13.0 Å². The highest BCUT2D eigenvalue weighted by Crippen LogP contribution is 2.16. The maximum Gasteiger partial charge on any atom is 0.127 e. The van der Waals surface area contributed by atoms with E-state index in [1.165, 1.54) is 11.3 Å². The van der Waals surface area contributed by atoms with Crippen molar-refractivity contribution in [3.8, 4) is 6.07 Å². The van der Waals surface area contributed by atoms with Crippen LogP contribution in [0.25, 0.3) is 0 Å². The van der Waals surface area contributed by atoms with Crippen molar-refractivity contribution in [2.75, 3.05) is 20.6 Å². The Hall–Kier alpha value is -0.920. The molecule has 0 spiro atoms. The van der Waals surface area contributed by atoms with Crippen LogP contribution in [0.5, 0.6) is 0 Å². The molecule has 1 aromatic rings. The Morgan fingerprint density at radius 2 is 2.23 bits per heavy atom. The molecule has 0 aliphatic heterocycles. The van der Waals surface area contributed by atoms with Crippen molar-refractivity contribution in [2.24, 2.45) is 0 Å². The summed E-state index contributed by atoms with van der Waals surface area (Å²) in [6.45, 7) is 2.87. The zero-order chi connectivity index (χ0) is 9.84. The lowest BCUT2D eigenvalue weighted by Crippen LogP contribution is -2.14. The second-order valence-electron chi connectivity index (χ2n) is 3.19. The maximum absolute atomic E-state index is 8.72. The molecule has 0 aliphatic carbocycles. The quantitative estimate of drug-likeness (QED) is 0.732. The Kier molecular flexibility index (Phi) is 3.40. The van der Waals surface area contributed by atoms with E-state index in [0.717, 1.165) is 28.5 Å². The standard InChI is InChI=1S/C9H13N3S/c1-7-8(6-10)13-9(11-7)4-5-12(2)3/h4-5H2,1-3H3. The van der Waals surface area contributed by atoms with Crippen LogP contribution in [-0.2, 0) is 6.42 Å². The van der Waals surface area contributed by atoms with Gasteiger partial charge in [-0.3, -0.25) is 0 Å². The van der Waals surface area contributed by atoms with Gasteiger partial charge in [0.25, 0.3) is 0 Å². The van der Waals surface area contributed by atoms with Crippen molar-refractivity contribution < 1.29 is 0 Å². The summed E-state index contributed by atoms with van der Waals surface area (Å²) in [6, 6.07) is 2.15. The molecule has 4 heteroatoms. The highest BCUT2D eigenvalue weighted by atomic mass is 32.1. The van der Waals surface area contributed by atoms with Crippen molar-refractivity contribution in [3.63, 3.8) is 0 Å². The number of likely N-dealkylation sites (N-methyl/N-ethyl adjacent to an activating group) is 1. The minimum atomic E-state index is 0.744. The number of hydrogen-bond donors (Lipinski definition) is 0. The number of thiazole rings is 1. The zero-order valence-corrected chi connectivity index (χ0v) is 8.98. The van der Waals surface area contributed by atoms with Gasteiger partial charge in [-0.2, -0.15) is 5.26 Å². The van der Waals surface area contributed by atoms with Gasteiger partial charge in [-0.05, 0) is 21.0 Å². The Balaban J connectivity index is 2.64. The normalized spacial score (nSPS) is 10.4. The van der Waals surface area contributed by atoms with Gasteiger partial charge < -0.3 is 4.90 Å². The molecule has 0 unspecified atom stereocenters. The topological polar surface area (TPSA) is 39.9 Å². The number of nitrogens with zero attached hydrogens (tertiary/aromatic N) is 3. The van der Waals surface area contributed by atoms with Crippen molar-refractivity contribution in [1.82, 2.24) is 9.88 Å². The lowest BCUT2D eigenvalue weighted by atomic mass is 10.4. The van der Waals surface area contributed by atoms with E-state index in [9.17, 15) is 0 Å². The van der Waals surface area contributed by atoms with E-state index in [2.05, 4.69) is 16.0 Å². The van der Waals surface area contributed by atoms with E-state index in [0.29, 0.717) is 0 Å². The number of aromatic nitrogens is 1. The monoisotopic (exact) mass is 195 g/mol. The van der Waals surface area contributed by atoms with Crippen LogP contribution >= 0.6 is 11.3 Å². The molecule has 0 saturated carbocycles. The lowest BCUT2D eigenvalue weighted by molar-refractivity contribution is 0.413. The molecule has 0 fully saturated rings. The summed E-state index contributed by atoms with van der Waals surface area (Å²) in [6.07, 6.45) is 0.931. The number of rotatable bonds is 3. The summed E-state index contributed by atoms with van der Waals surface area (Å²) >= 11 is 1.50. The van der Waals surface area contributed by atoms with E-state index >= 15 is 0 Å². The Bertz CT molecular complexity index is 322. The van der Waals surface area contributed by atoms with Crippen molar-refractivity contribution in [3.05, 3.63) is 15.6 Å². The molecular formula is C9H13N3S. The molecular weight excluding hydrogens is 182 g/mol. The van der Waals surface area contributed by atoms with Crippen LogP contribution in [0.4, 0.5) is 0 Å². The van der Waals surface area contributed by atoms with E-state index in [1.54, 1.807) is 0 Å².